The molecule has 0 bridgehead atoms. The normalized spacial score (nSPS) is 18.5. The first-order valence-corrected chi connectivity index (χ1v) is 13.6. The summed E-state index contributed by atoms with van der Waals surface area (Å²) >= 11 is 1.22. The van der Waals surface area contributed by atoms with Gasteiger partial charge >= 0.3 is 0 Å². The Balaban J connectivity index is 1.60. The Hall–Kier alpha value is -2.75. The lowest BCUT2D eigenvalue weighted by Crippen LogP contribution is -2.54. The number of para-hydroxylation sites is 1. The van der Waals surface area contributed by atoms with Gasteiger partial charge in [-0.2, -0.15) is 0 Å². The highest BCUT2D eigenvalue weighted by Gasteiger charge is 2.25. The molecule has 2 N–H and O–H groups in total. The lowest BCUT2D eigenvalue weighted by molar-refractivity contribution is 0.341. The van der Waals surface area contributed by atoms with Crippen LogP contribution in [0.5, 0.6) is 11.5 Å². The maximum absolute atomic E-state index is 13.2. The molecular formula is C25H31N3O4S2. The Morgan fingerprint density at radius 2 is 1.79 bits per heavy atom. The van der Waals surface area contributed by atoms with Crippen molar-refractivity contribution in [2.45, 2.75) is 37.1 Å². The van der Waals surface area contributed by atoms with Crippen LogP contribution in [0.15, 0.2) is 58.8 Å². The number of hydrogen-bond donors (Lipinski definition) is 2. The minimum absolute atomic E-state index is 0.246. The lowest BCUT2D eigenvalue weighted by atomic mass is 10.1. The topological polar surface area (TPSA) is 79.9 Å². The molecule has 0 radical (unpaired) electrons. The molecule has 4 rings (SSSR count). The molecule has 1 aliphatic heterocycles. The van der Waals surface area contributed by atoms with Crippen molar-refractivity contribution in [1.29, 1.82) is 0 Å². The van der Waals surface area contributed by atoms with Crippen LogP contribution in [0, 0.1) is 0 Å². The summed E-state index contributed by atoms with van der Waals surface area (Å²) < 4.78 is 40.7. The molecule has 182 valence electrons. The van der Waals surface area contributed by atoms with Gasteiger partial charge in [-0.3, -0.25) is 4.72 Å². The molecule has 0 aliphatic carbocycles. The van der Waals surface area contributed by atoms with E-state index in [1.807, 2.05) is 49.4 Å². The van der Waals surface area contributed by atoms with Crippen molar-refractivity contribution >= 4 is 32.7 Å². The first-order valence-electron chi connectivity index (χ1n) is 11.3. The third-order valence-electron chi connectivity index (χ3n) is 5.63. The van der Waals surface area contributed by atoms with Crippen molar-refractivity contribution in [2.24, 2.45) is 0 Å². The van der Waals surface area contributed by atoms with E-state index in [0.717, 1.165) is 40.7 Å². The number of sulfonamides is 1. The summed E-state index contributed by atoms with van der Waals surface area (Å²) in [6, 6.07) is 17.1. The molecule has 1 aliphatic rings. The van der Waals surface area contributed by atoms with Crippen LogP contribution < -0.4 is 24.4 Å². The molecule has 3 aromatic rings. The molecule has 0 saturated carbocycles. The zero-order chi connectivity index (χ0) is 24.3. The second-order valence-corrected chi connectivity index (χ2v) is 11.4. The Morgan fingerprint density at radius 3 is 2.50 bits per heavy atom. The Morgan fingerprint density at radius 1 is 1.06 bits per heavy atom. The molecule has 7 nitrogen and oxygen atoms in total. The van der Waals surface area contributed by atoms with Crippen LogP contribution in [0.4, 0.5) is 11.4 Å². The van der Waals surface area contributed by atoms with E-state index in [1.165, 1.54) is 11.3 Å². The SMILES string of the molecule is CCOc1ccccc1-c1ccc(S(=O)(=O)Nc2ccc(OC)c(N3CC(C)NC(C)C3)c2)s1. The minimum Gasteiger partial charge on any atom is -0.495 e. The van der Waals surface area contributed by atoms with Gasteiger partial charge in [-0.1, -0.05) is 12.1 Å². The highest BCUT2D eigenvalue weighted by Crippen LogP contribution is 2.38. The molecule has 1 fully saturated rings. The molecule has 2 atom stereocenters. The van der Waals surface area contributed by atoms with E-state index in [1.54, 1.807) is 19.2 Å². The van der Waals surface area contributed by atoms with E-state index >= 15 is 0 Å². The summed E-state index contributed by atoms with van der Waals surface area (Å²) in [6.45, 7) is 8.36. The van der Waals surface area contributed by atoms with Gasteiger partial charge in [-0.15, -0.1) is 11.3 Å². The van der Waals surface area contributed by atoms with Crippen molar-refractivity contribution in [3.05, 3.63) is 54.6 Å². The van der Waals surface area contributed by atoms with Crippen molar-refractivity contribution in [3.63, 3.8) is 0 Å². The number of piperazine rings is 1. The van der Waals surface area contributed by atoms with E-state index in [-0.39, 0.29) is 4.21 Å². The van der Waals surface area contributed by atoms with Gasteiger partial charge in [0.05, 0.1) is 25.1 Å². The fourth-order valence-electron chi connectivity index (χ4n) is 4.29. The van der Waals surface area contributed by atoms with Crippen molar-refractivity contribution in [1.82, 2.24) is 5.32 Å². The minimum atomic E-state index is -3.76. The quantitative estimate of drug-likeness (QED) is 0.461. The van der Waals surface area contributed by atoms with Gasteiger partial charge in [0, 0.05) is 35.6 Å². The monoisotopic (exact) mass is 501 g/mol. The summed E-state index contributed by atoms with van der Waals surface area (Å²) in [7, 11) is -2.13. The molecular weight excluding hydrogens is 470 g/mol. The van der Waals surface area contributed by atoms with E-state index in [2.05, 4.69) is 28.8 Å². The molecule has 2 aromatic carbocycles. The van der Waals surface area contributed by atoms with Crippen LogP contribution in [0.1, 0.15) is 20.8 Å². The zero-order valence-corrected chi connectivity index (χ0v) is 21.5. The fourth-order valence-corrected chi connectivity index (χ4v) is 6.68. The van der Waals surface area contributed by atoms with Crippen LogP contribution in [0.3, 0.4) is 0 Å². The zero-order valence-electron chi connectivity index (χ0n) is 19.9. The van der Waals surface area contributed by atoms with E-state index in [0.29, 0.717) is 24.4 Å². The van der Waals surface area contributed by atoms with Gasteiger partial charge in [-0.25, -0.2) is 8.42 Å². The molecule has 9 heteroatoms. The molecule has 1 aromatic heterocycles. The average Bonchev–Trinajstić information content (AvgIpc) is 3.30. The predicted molar refractivity (Wildman–Crippen MR) is 139 cm³/mol. The van der Waals surface area contributed by atoms with E-state index < -0.39 is 10.0 Å². The molecule has 0 amide bonds. The standard InChI is InChI=1S/C25H31N3O4S2/c1-5-32-22-9-7-6-8-20(22)24-12-13-25(33-24)34(29,30)27-19-10-11-23(31-4)21(14-19)28-15-17(2)26-18(3)16-28/h6-14,17-18,26-27H,5,15-16H2,1-4H3. The molecule has 34 heavy (non-hydrogen) atoms. The van der Waals surface area contributed by atoms with E-state index in [4.69, 9.17) is 9.47 Å². The van der Waals surface area contributed by atoms with Crippen LogP contribution in [-0.2, 0) is 10.0 Å². The third-order valence-corrected chi connectivity index (χ3v) is 8.62. The van der Waals surface area contributed by atoms with Gasteiger partial charge in [0.25, 0.3) is 10.0 Å². The highest BCUT2D eigenvalue weighted by atomic mass is 32.2. The van der Waals surface area contributed by atoms with Gasteiger partial charge in [-0.05, 0) is 63.2 Å². The number of methoxy groups -OCH3 is 1. The number of nitrogens with one attached hydrogen (secondary N) is 2. The van der Waals surface area contributed by atoms with Gasteiger partial charge in [0.2, 0.25) is 0 Å². The number of rotatable bonds is 8. The number of benzene rings is 2. The number of ether oxygens (including phenoxy) is 2. The second-order valence-electron chi connectivity index (χ2n) is 8.41. The van der Waals surface area contributed by atoms with Crippen LogP contribution in [0.2, 0.25) is 0 Å². The Bertz CT molecular complexity index is 1230. The summed E-state index contributed by atoms with van der Waals surface area (Å²) in [5.74, 6) is 1.46. The number of nitrogens with zero attached hydrogens (tertiary/aromatic N) is 1. The number of anilines is 2. The number of hydrogen-bond acceptors (Lipinski definition) is 7. The second kappa shape index (κ2) is 10.2. The molecule has 2 unspecified atom stereocenters. The maximum Gasteiger partial charge on any atom is 0.271 e. The van der Waals surface area contributed by atoms with Crippen LogP contribution >= 0.6 is 11.3 Å². The Labute approximate surface area is 205 Å². The molecule has 2 heterocycles. The van der Waals surface area contributed by atoms with Gasteiger partial charge in [0.15, 0.2) is 0 Å². The van der Waals surface area contributed by atoms with Gasteiger partial charge < -0.3 is 19.7 Å². The molecule has 1 saturated heterocycles. The average molecular weight is 502 g/mol. The third kappa shape index (κ3) is 5.32. The summed E-state index contributed by atoms with van der Waals surface area (Å²) in [6.07, 6.45) is 0. The molecule has 0 spiro atoms. The number of thiophene rings is 1. The first-order chi connectivity index (χ1) is 16.3. The maximum atomic E-state index is 13.2. The van der Waals surface area contributed by atoms with E-state index in [9.17, 15) is 8.42 Å². The fraction of sp³-hybridized carbons (Fsp3) is 0.360. The lowest BCUT2D eigenvalue weighted by Gasteiger charge is -2.38. The first kappa shape index (κ1) is 24.4. The van der Waals surface area contributed by atoms with Gasteiger partial charge in [0.1, 0.15) is 15.7 Å². The summed E-state index contributed by atoms with van der Waals surface area (Å²) in [5.41, 5.74) is 2.25. The van der Waals surface area contributed by atoms with Crippen LogP contribution in [-0.4, -0.2) is 47.3 Å². The Kier molecular flexibility index (Phi) is 7.35. The summed E-state index contributed by atoms with van der Waals surface area (Å²) in [5, 5.41) is 3.52. The van der Waals surface area contributed by atoms with Crippen molar-refractivity contribution in [2.75, 3.05) is 36.4 Å². The summed E-state index contributed by atoms with van der Waals surface area (Å²) in [4.78, 5) is 3.07. The van der Waals surface area contributed by atoms with Crippen molar-refractivity contribution in [3.8, 4) is 21.9 Å². The van der Waals surface area contributed by atoms with Crippen molar-refractivity contribution < 1.29 is 17.9 Å². The predicted octanol–water partition coefficient (Wildman–Crippen LogP) is 4.81. The largest absolute Gasteiger partial charge is 0.495 e. The van der Waals surface area contributed by atoms with Crippen LogP contribution in [0.25, 0.3) is 10.4 Å². The smallest absolute Gasteiger partial charge is 0.271 e. The highest BCUT2D eigenvalue weighted by molar-refractivity contribution is 7.94.